The Morgan fingerprint density at radius 2 is 2.08 bits per heavy atom. The molecule has 3 heteroatoms. The molecule has 0 aromatic heterocycles. The van der Waals surface area contributed by atoms with Crippen molar-refractivity contribution in [2.75, 3.05) is 6.54 Å². The minimum Gasteiger partial charge on any atom is -0.353 e. The van der Waals surface area contributed by atoms with Gasteiger partial charge in [0.2, 0.25) is 5.91 Å². The molecule has 3 N–H and O–H groups in total. The van der Waals surface area contributed by atoms with Gasteiger partial charge >= 0.3 is 0 Å². The monoisotopic (exact) mass is 182 g/mol. The van der Waals surface area contributed by atoms with Crippen LogP contribution in [-0.2, 0) is 4.79 Å². The van der Waals surface area contributed by atoms with E-state index in [-0.39, 0.29) is 5.91 Å². The van der Waals surface area contributed by atoms with E-state index < -0.39 is 0 Å². The van der Waals surface area contributed by atoms with Crippen LogP contribution in [0.3, 0.4) is 0 Å². The second-order valence-corrected chi connectivity index (χ2v) is 4.39. The number of nitrogens with one attached hydrogen (secondary N) is 1. The molecular formula is C10H18N2O. The molecule has 2 unspecified atom stereocenters. The molecule has 13 heavy (non-hydrogen) atoms. The largest absolute Gasteiger partial charge is 0.353 e. The Morgan fingerprint density at radius 3 is 2.62 bits per heavy atom. The number of hydrogen-bond acceptors (Lipinski definition) is 2. The molecule has 2 rings (SSSR count). The Morgan fingerprint density at radius 1 is 1.31 bits per heavy atom. The van der Waals surface area contributed by atoms with E-state index in [9.17, 15) is 4.79 Å². The van der Waals surface area contributed by atoms with Gasteiger partial charge in [0.15, 0.2) is 0 Å². The third kappa shape index (κ3) is 2.21. The number of nitrogens with two attached hydrogens (primary N) is 1. The first kappa shape index (κ1) is 9.00. The third-order valence-corrected chi connectivity index (χ3v) is 3.17. The van der Waals surface area contributed by atoms with Crippen LogP contribution in [0.1, 0.15) is 32.1 Å². The van der Waals surface area contributed by atoms with E-state index in [4.69, 9.17) is 5.73 Å². The van der Waals surface area contributed by atoms with Crippen LogP contribution in [0, 0.1) is 11.8 Å². The zero-order chi connectivity index (χ0) is 9.26. The van der Waals surface area contributed by atoms with E-state index in [2.05, 4.69) is 5.32 Å². The maximum atomic E-state index is 11.4. The minimum absolute atomic E-state index is 0.280. The predicted octanol–water partition coefficient (Wildman–Crippen LogP) is 0.640. The summed E-state index contributed by atoms with van der Waals surface area (Å²) in [5.41, 5.74) is 5.59. The Hall–Kier alpha value is -0.570. The lowest BCUT2D eigenvalue weighted by atomic mass is 10.1. The van der Waals surface area contributed by atoms with E-state index in [1.54, 1.807) is 0 Å². The number of carbonyl (C=O) groups excluding carboxylic acids is 1. The summed E-state index contributed by atoms with van der Waals surface area (Å²) in [5.74, 6) is 1.27. The normalized spacial score (nSPS) is 33.3. The van der Waals surface area contributed by atoms with E-state index in [1.807, 2.05) is 0 Å². The van der Waals surface area contributed by atoms with Gasteiger partial charge in [-0.15, -0.1) is 0 Å². The maximum absolute atomic E-state index is 11.4. The van der Waals surface area contributed by atoms with Crippen LogP contribution < -0.4 is 11.1 Å². The minimum atomic E-state index is 0.280. The van der Waals surface area contributed by atoms with Gasteiger partial charge in [-0.3, -0.25) is 4.79 Å². The average molecular weight is 182 g/mol. The van der Waals surface area contributed by atoms with Gasteiger partial charge in [-0.25, -0.2) is 0 Å². The molecule has 3 nitrogen and oxygen atoms in total. The van der Waals surface area contributed by atoms with Crippen molar-refractivity contribution in [2.24, 2.45) is 17.6 Å². The van der Waals surface area contributed by atoms with Gasteiger partial charge < -0.3 is 11.1 Å². The molecule has 0 aliphatic heterocycles. The molecule has 2 aliphatic carbocycles. The number of amides is 1. The lowest BCUT2D eigenvalue weighted by Crippen LogP contribution is -2.34. The quantitative estimate of drug-likeness (QED) is 0.673. The fourth-order valence-corrected chi connectivity index (χ4v) is 2.08. The van der Waals surface area contributed by atoms with Crippen LogP contribution >= 0.6 is 0 Å². The van der Waals surface area contributed by atoms with Crippen LogP contribution in [0.4, 0.5) is 0 Å². The standard InChI is InChI=1S/C10H18N2O/c11-6-7-1-4-9(5-7)12-10(13)8-2-3-8/h7-9H,1-6,11H2,(H,12,13). The van der Waals surface area contributed by atoms with Gasteiger partial charge in [0, 0.05) is 12.0 Å². The summed E-state index contributed by atoms with van der Waals surface area (Å²) in [6.07, 6.45) is 5.60. The highest BCUT2D eigenvalue weighted by molar-refractivity contribution is 5.81. The summed E-state index contributed by atoms with van der Waals surface area (Å²) in [6, 6.07) is 0.418. The van der Waals surface area contributed by atoms with Crippen LogP contribution in [0.5, 0.6) is 0 Å². The van der Waals surface area contributed by atoms with Gasteiger partial charge in [-0.2, -0.15) is 0 Å². The van der Waals surface area contributed by atoms with Crippen LogP contribution in [0.2, 0.25) is 0 Å². The molecule has 0 aromatic rings. The Bertz CT molecular complexity index is 201. The van der Waals surface area contributed by atoms with E-state index in [0.717, 1.165) is 32.2 Å². The molecule has 2 aliphatic rings. The first-order chi connectivity index (χ1) is 6.29. The van der Waals surface area contributed by atoms with Crippen LogP contribution in [-0.4, -0.2) is 18.5 Å². The van der Waals surface area contributed by atoms with Crippen molar-refractivity contribution in [2.45, 2.75) is 38.1 Å². The van der Waals surface area contributed by atoms with Gasteiger partial charge in [0.1, 0.15) is 0 Å². The van der Waals surface area contributed by atoms with E-state index in [1.165, 1.54) is 6.42 Å². The van der Waals surface area contributed by atoms with Crippen molar-refractivity contribution < 1.29 is 4.79 Å². The van der Waals surface area contributed by atoms with Crippen LogP contribution in [0.15, 0.2) is 0 Å². The smallest absolute Gasteiger partial charge is 0.223 e. The molecule has 0 saturated heterocycles. The fourth-order valence-electron chi connectivity index (χ4n) is 2.08. The zero-order valence-corrected chi connectivity index (χ0v) is 7.96. The van der Waals surface area contributed by atoms with Crippen molar-refractivity contribution in [3.05, 3.63) is 0 Å². The van der Waals surface area contributed by atoms with Gasteiger partial charge in [0.05, 0.1) is 0 Å². The molecular weight excluding hydrogens is 164 g/mol. The van der Waals surface area contributed by atoms with Gasteiger partial charge in [0.25, 0.3) is 0 Å². The number of hydrogen-bond donors (Lipinski definition) is 2. The molecule has 0 bridgehead atoms. The molecule has 2 fully saturated rings. The van der Waals surface area contributed by atoms with E-state index in [0.29, 0.717) is 17.9 Å². The van der Waals surface area contributed by atoms with Crippen LogP contribution in [0.25, 0.3) is 0 Å². The molecule has 74 valence electrons. The van der Waals surface area contributed by atoms with E-state index >= 15 is 0 Å². The first-order valence-corrected chi connectivity index (χ1v) is 5.30. The molecule has 0 aromatic carbocycles. The second-order valence-electron chi connectivity index (χ2n) is 4.39. The van der Waals surface area contributed by atoms with Gasteiger partial charge in [-0.05, 0) is 44.6 Å². The summed E-state index contributed by atoms with van der Waals surface area (Å²) >= 11 is 0. The molecule has 0 spiro atoms. The average Bonchev–Trinajstić information content (AvgIpc) is 2.88. The Labute approximate surface area is 79.1 Å². The predicted molar refractivity (Wildman–Crippen MR) is 51.1 cm³/mol. The maximum Gasteiger partial charge on any atom is 0.223 e. The highest BCUT2D eigenvalue weighted by Gasteiger charge is 2.32. The highest BCUT2D eigenvalue weighted by Crippen LogP contribution is 2.30. The zero-order valence-electron chi connectivity index (χ0n) is 7.96. The molecule has 2 atom stereocenters. The lowest BCUT2D eigenvalue weighted by molar-refractivity contribution is -0.122. The van der Waals surface area contributed by atoms with Crippen molar-refractivity contribution >= 4 is 5.91 Å². The third-order valence-electron chi connectivity index (χ3n) is 3.17. The lowest BCUT2D eigenvalue weighted by Gasteiger charge is -2.12. The topological polar surface area (TPSA) is 55.1 Å². The summed E-state index contributed by atoms with van der Waals surface area (Å²) in [5, 5.41) is 3.11. The number of carbonyl (C=O) groups is 1. The summed E-state index contributed by atoms with van der Waals surface area (Å²) in [6.45, 7) is 0.774. The second kappa shape index (κ2) is 3.66. The van der Waals surface area contributed by atoms with Gasteiger partial charge in [-0.1, -0.05) is 0 Å². The Balaban J connectivity index is 1.73. The SMILES string of the molecule is NCC1CCC(NC(=O)C2CC2)C1. The summed E-state index contributed by atoms with van der Waals surface area (Å²) < 4.78 is 0. The first-order valence-electron chi connectivity index (χ1n) is 5.30. The van der Waals surface area contributed by atoms with Crippen molar-refractivity contribution in [3.63, 3.8) is 0 Å². The highest BCUT2D eigenvalue weighted by atomic mass is 16.2. The fraction of sp³-hybridized carbons (Fsp3) is 0.900. The molecule has 2 saturated carbocycles. The summed E-state index contributed by atoms with van der Waals surface area (Å²) in [7, 11) is 0. The molecule has 1 amide bonds. The molecule has 0 heterocycles. The summed E-state index contributed by atoms with van der Waals surface area (Å²) in [4.78, 5) is 11.4. The van der Waals surface area contributed by atoms with Crippen molar-refractivity contribution in [3.8, 4) is 0 Å². The Kier molecular flexibility index (Phi) is 2.54. The van der Waals surface area contributed by atoms with Crippen molar-refractivity contribution in [1.29, 1.82) is 0 Å². The molecule has 0 radical (unpaired) electrons. The van der Waals surface area contributed by atoms with Crippen molar-refractivity contribution in [1.82, 2.24) is 5.32 Å². The number of rotatable bonds is 3.